The van der Waals surface area contributed by atoms with Gasteiger partial charge in [0.05, 0.1) is 5.41 Å². The second-order valence-electron chi connectivity index (χ2n) is 5.31. The van der Waals surface area contributed by atoms with Crippen molar-refractivity contribution < 1.29 is 4.79 Å². The number of hydrogen-bond donors (Lipinski definition) is 2. The minimum Gasteiger partial charge on any atom is -0.355 e. The Kier molecular flexibility index (Phi) is 5.36. The first-order chi connectivity index (χ1) is 9.79. The molecule has 0 atom stereocenters. The Morgan fingerprint density at radius 1 is 1.30 bits per heavy atom. The smallest absolute Gasteiger partial charge is 0.230 e. The van der Waals surface area contributed by atoms with Crippen molar-refractivity contribution >= 4 is 5.91 Å². The molecule has 0 unspecified atom stereocenters. The van der Waals surface area contributed by atoms with Crippen molar-refractivity contribution in [3.05, 3.63) is 48.0 Å². The third-order valence-corrected chi connectivity index (χ3v) is 4.05. The number of hydrogen-bond acceptors (Lipinski definition) is 2. The van der Waals surface area contributed by atoms with Crippen molar-refractivity contribution in [1.29, 1.82) is 0 Å². The Hall–Kier alpha value is -1.61. The summed E-state index contributed by atoms with van der Waals surface area (Å²) in [5, 5.41) is 6.46. The summed E-state index contributed by atoms with van der Waals surface area (Å²) in [5.74, 6) is 0.176. The number of amides is 1. The van der Waals surface area contributed by atoms with Crippen LogP contribution >= 0.6 is 0 Å². The van der Waals surface area contributed by atoms with E-state index in [1.807, 2.05) is 31.2 Å². The molecule has 1 fully saturated rings. The van der Waals surface area contributed by atoms with E-state index < -0.39 is 0 Å². The van der Waals surface area contributed by atoms with Crippen molar-refractivity contribution in [3.8, 4) is 0 Å². The van der Waals surface area contributed by atoms with Crippen molar-refractivity contribution in [2.24, 2.45) is 0 Å². The Labute approximate surface area is 121 Å². The van der Waals surface area contributed by atoms with Gasteiger partial charge >= 0.3 is 0 Å². The van der Waals surface area contributed by atoms with E-state index in [1.54, 1.807) is 0 Å². The highest BCUT2D eigenvalue weighted by atomic mass is 16.2. The van der Waals surface area contributed by atoms with E-state index in [9.17, 15) is 4.79 Å². The van der Waals surface area contributed by atoms with E-state index in [0.29, 0.717) is 6.54 Å². The molecule has 3 nitrogen and oxygen atoms in total. The Bertz CT molecular complexity index is 447. The Morgan fingerprint density at radius 3 is 2.65 bits per heavy atom. The highest BCUT2D eigenvalue weighted by Gasteiger charge is 2.40. The summed E-state index contributed by atoms with van der Waals surface area (Å²) < 4.78 is 0. The molecule has 1 aromatic rings. The zero-order chi connectivity index (χ0) is 14.3. The predicted molar refractivity (Wildman–Crippen MR) is 82.7 cm³/mol. The average molecular weight is 272 g/mol. The molecule has 108 valence electrons. The molecule has 1 aliphatic heterocycles. The molecule has 1 heterocycles. The van der Waals surface area contributed by atoms with E-state index in [0.717, 1.165) is 37.9 Å². The molecule has 1 amide bonds. The third kappa shape index (κ3) is 3.28. The first-order valence-electron chi connectivity index (χ1n) is 7.45. The van der Waals surface area contributed by atoms with Crippen molar-refractivity contribution in [2.45, 2.75) is 31.6 Å². The zero-order valence-corrected chi connectivity index (χ0v) is 12.2. The van der Waals surface area contributed by atoms with Crippen LogP contribution in [0.2, 0.25) is 0 Å². The maximum atomic E-state index is 12.7. The quantitative estimate of drug-likeness (QED) is 0.638. The molecular weight excluding hydrogens is 248 g/mol. The minimum absolute atomic E-state index is 0.176. The van der Waals surface area contributed by atoms with Gasteiger partial charge in [-0.15, -0.1) is 0 Å². The first-order valence-corrected chi connectivity index (χ1v) is 7.45. The van der Waals surface area contributed by atoms with Crippen LogP contribution in [0.5, 0.6) is 0 Å². The highest BCUT2D eigenvalue weighted by molar-refractivity contribution is 5.88. The van der Waals surface area contributed by atoms with Crippen LogP contribution in [0.3, 0.4) is 0 Å². The van der Waals surface area contributed by atoms with Gasteiger partial charge in [0.15, 0.2) is 0 Å². The van der Waals surface area contributed by atoms with Crippen molar-refractivity contribution in [2.75, 3.05) is 19.6 Å². The van der Waals surface area contributed by atoms with Crippen LogP contribution in [0, 0.1) is 0 Å². The molecular formula is C17H24N2O. The third-order valence-electron chi connectivity index (χ3n) is 4.05. The van der Waals surface area contributed by atoms with E-state index in [1.165, 1.54) is 0 Å². The number of rotatable bonds is 5. The first kappa shape index (κ1) is 14.8. The second-order valence-corrected chi connectivity index (χ2v) is 5.31. The van der Waals surface area contributed by atoms with Gasteiger partial charge in [0.25, 0.3) is 0 Å². The Balaban J connectivity index is 2.13. The number of carbonyl (C=O) groups is 1. The topological polar surface area (TPSA) is 41.1 Å². The highest BCUT2D eigenvalue weighted by Crippen LogP contribution is 2.33. The molecule has 20 heavy (non-hydrogen) atoms. The van der Waals surface area contributed by atoms with Crippen LogP contribution in [-0.2, 0) is 10.2 Å². The van der Waals surface area contributed by atoms with Crippen LogP contribution in [0.25, 0.3) is 0 Å². The molecule has 1 aromatic carbocycles. The molecule has 1 aliphatic rings. The standard InChI is InChI=1S/C17H24N2O/c1-2-3-7-12-19-16(20)17(10-13-18-14-11-17)15-8-5-4-6-9-15/h2-6,8-9,18H,7,10-14H2,1H3,(H,19,20)/b3-2+. The largest absolute Gasteiger partial charge is 0.355 e. The lowest BCUT2D eigenvalue weighted by Crippen LogP contribution is -2.50. The van der Waals surface area contributed by atoms with Gasteiger partial charge in [0.2, 0.25) is 5.91 Å². The second kappa shape index (κ2) is 7.25. The maximum Gasteiger partial charge on any atom is 0.230 e. The van der Waals surface area contributed by atoms with Gasteiger partial charge < -0.3 is 10.6 Å². The monoisotopic (exact) mass is 272 g/mol. The summed E-state index contributed by atoms with van der Waals surface area (Å²) >= 11 is 0. The average Bonchev–Trinajstić information content (AvgIpc) is 2.53. The fourth-order valence-electron chi connectivity index (χ4n) is 2.86. The molecule has 0 spiro atoms. The maximum absolute atomic E-state index is 12.7. The summed E-state index contributed by atoms with van der Waals surface area (Å²) in [4.78, 5) is 12.7. The lowest BCUT2D eigenvalue weighted by Gasteiger charge is -2.36. The molecule has 0 bridgehead atoms. The fourth-order valence-corrected chi connectivity index (χ4v) is 2.86. The molecule has 0 saturated carbocycles. The van der Waals surface area contributed by atoms with Gasteiger partial charge in [-0.3, -0.25) is 4.79 Å². The summed E-state index contributed by atoms with van der Waals surface area (Å²) in [6.07, 6.45) is 6.73. The van der Waals surface area contributed by atoms with E-state index in [-0.39, 0.29) is 11.3 Å². The van der Waals surface area contributed by atoms with Crippen molar-refractivity contribution in [3.63, 3.8) is 0 Å². The summed E-state index contributed by atoms with van der Waals surface area (Å²) in [6, 6.07) is 10.2. The normalized spacial score (nSPS) is 18.1. The van der Waals surface area contributed by atoms with Gasteiger partial charge in [-0.1, -0.05) is 42.5 Å². The number of allylic oxidation sites excluding steroid dienone is 1. The van der Waals surface area contributed by atoms with Crippen LogP contribution in [0.1, 0.15) is 31.7 Å². The van der Waals surface area contributed by atoms with Gasteiger partial charge in [-0.25, -0.2) is 0 Å². The number of piperidine rings is 1. The minimum atomic E-state index is -0.359. The van der Waals surface area contributed by atoms with Gasteiger partial charge in [0, 0.05) is 6.54 Å². The molecule has 2 rings (SSSR count). The van der Waals surface area contributed by atoms with E-state index in [4.69, 9.17) is 0 Å². The van der Waals surface area contributed by atoms with E-state index >= 15 is 0 Å². The van der Waals surface area contributed by atoms with E-state index in [2.05, 4.69) is 28.8 Å². The molecule has 0 aromatic heterocycles. The lowest BCUT2D eigenvalue weighted by molar-refractivity contribution is -0.127. The number of benzene rings is 1. The molecule has 2 N–H and O–H groups in total. The van der Waals surface area contributed by atoms with Crippen LogP contribution in [0.15, 0.2) is 42.5 Å². The summed E-state index contributed by atoms with van der Waals surface area (Å²) in [7, 11) is 0. The molecule has 1 saturated heterocycles. The summed E-state index contributed by atoms with van der Waals surface area (Å²) in [5.41, 5.74) is 0.785. The van der Waals surface area contributed by atoms with Crippen LogP contribution in [-0.4, -0.2) is 25.5 Å². The SMILES string of the molecule is C/C=C/CCNC(=O)C1(c2ccccc2)CCNCC1. The lowest BCUT2D eigenvalue weighted by atomic mass is 9.72. The van der Waals surface area contributed by atoms with Gasteiger partial charge in [-0.05, 0) is 44.8 Å². The van der Waals surface area contributed by atoms with Crippen LogP contribution < -0.4 is 10.6 Å². The molecule has 0 aliphatic carbocycles. The number of carbonyl (C=O) groups excluding carboxylic acids is 1. The molecule has 0 radical (unpaired) electrons. The van der Waals surface area contributed by atoms with Gasteiger partial charge in [0.1, 0.15) is 0 Å². The molecule has 3 heteroatoms. The predicted octanol–water partition coefficient (Wildman–Crippen LogP) is 2.39. The summed E-state index contributed by atoms with van der Waals surface area (Å²) in [6.45, 7) is 4.51. The zero-order valence-electron chi connectivity index (χ0n) is 12.2. The van der Waals surface area contributed by atoms with Gasteiger partial charge in [-0.2, -0.15) is 0 Å². The fraction of sp³-hybridized carbons (Fsp3) is 0.471. The Morgan fingerprint density at radius 2 is 2.00 bits per heavy atom. The van der Waals surface area contributed by atoms with Crippen molar-refractivity contribution in [1.82, 2.24) is 10.6 Å². The number of nitrogens with one attached hydrogen (secondary N) is 2. The van der Waals surface area contributed by atoms with Crippen LogP contribution in [0.4, 0.5) is 0 Å².